The van der Waals surface area contributed by atoms with Gasteiger partial charge < -0.3 is 14.1 Å². The third kappa shape index (κ3) is 3.66. The van der Waals surface area contributed by atoms with Crippen LogP contribution in [0.4, 0.5) is 0 Å². The van der Waals surface area contributed by atoms with E-state index in [0.717, 1.165) is 22.6 Å². The van der Waals surface area contributed by atoms with Crippen molar-refractivity contribution >= 4 is 28.7 Å². The third-order valence-electron chi connectivity index (χ3n) is 6.40. The standard InChI is InChI=1S/C24H22ClN7O/c1-24(5-6-24)19-3-2-7-30-13-18(29-22(19)30)14-32-12-16(10-28-32)23(33)26-11-20-21-9-17(25)4-8-31(21)15-27-20/h2-4,7-10,12-13,15H,5-6,11,14H2,1H3,(H,26,33). The molecule has 6 rings (SSSR count). The average molecular weight is 460 g/mol. The Morgan fingerprint density at radius 3 is 2.94 bits per heavy atom. The van der Waals surface area contributed by atoms with Crippen LogP contribution in [0.2, 0.25) is 5.02 Å². The molecule has 0 saturated heterocycles. The Bertz CT molecular complexity index is 1510. The predicted octanol–water partition coefficient (Wildman–Crippen LogP) is 3.86. The highest BCUT2D eigenvalue weighted by atomic mass is 35.5. The van der Waals surface area contributed by atoms with Crippen LogP contribution >= 0.6 is 11.6 Å². The second-order valence-electron chi connectivity index (χ2n) is 8.88. The Morgan fingerprint density at radius 2 is 2.09 bits per heavy atom. The predicted molar refractivity (Wildman–Crippen MR) is 124 cm³/mol. The van der Waals surface area contributed by atoms with E-state index in [1.807, 2.05) is 29.1 Å². The fourth-order valence-corrected chi connectivity index (χ4v) is 4.38. The van der Waals surface area contributed by atoms with Crippen LogP contribution in [-0.4, -0.2) is 34.5 Å². The molecule has 1 aliphatic rings. The summed E-state index contributed by atoms with van der Waals surface area (Å²) in [5.74, 6) is -0.205. The summed E-state index contributed by atoms with van der Waals surface area (Å²) >= 11 is 6.09. The van der Waals surface area contributed by atoms with E-state index in [0.29, 0.717) is 23.7 Å². The largest absolute Gasteiger partial charge is 0.346 e. The van der Waals surface area contributed by atoms with E-state index in [-0.39, 0.29) is 11.3 Å². The molecule has 166 valence electrons. The number of nitrogens with one attached hydrogen (secondary N) is 1. The summed E-state index contributed by atoms with van der Waals surface area (Å²) < 4.78 is 5.68. The van der Waals surface area contributed by atoms with Crippen molar-refractivity contribution in [3.63, 3.8) is 0 Å². The van der Waals surface area contributed by atoms with Gasteiger partial charge in [0.05, 0.1) is 48.1 Å². The number of carbonyl (C=O) groups excluding carboxylic acids is 1. The van der Waals surface area contributed by atoms with Crippen molar-refractivity contribution in [2.75, 3.05) is 0 Å². The summed E-state index contributed by atoms with van der Waals surface area (Å²) in [4.78, 5) is 21.9. The van der Waals surface area contributed by atoms with Crippen LogP contribution in [0.15, 0.2) is 61.6 Å². The third-order valence-corrected chi connectivity index (χ3v) is 6.63. The number of rotatable bonds is 6. The fraction of sp³-hybridized carbons (Fsp3) is 0.250. The highest BCUT2D eigenvalue weighted by Gasteiger charge is 2.40. The molecule has 0 unspecified atom stereocenters. The zero-order valence-electron chi connectivity index (χ0n) is 18.1. The molecule has 0 radical (unpaired) electrons. The number of amides is 1. The number of imidazole rings is 2. The van der Waals surface area contributed by atoms with Crippen LogP contribution in [0.25, 0.3) is 11.2 Å². The summed E-state index contributed by atoms with van der Waals surface area (Å²) in [6.45, 7) is 3.08. The first-order valence-electron chi connectivity index (χ1n) is 10.9. The molecule has 1 amide bonds. The van der Waals surface area contributed by atoms with Gasteiger partial charge in [-0.1, -0.05) is 24.6 Å². The normalized spacial score (nSPS) is 14.7. The van der Waals surface area contributed by atoms with E-state index < -0.39 is 0 Å². The van der Waals surface area contributed by atoms with E-state index >= 15 is 0 Å². The van der Waals surface area contributed by atoms with Gasteiger partial charge in [-0.05, 0) is 36.5 Å². The van der Waals surface area contributed by atoms with Crippen molar-refractivity contribution < 1.29 is 4.79 Å². The van der Waals surface area contributed by atoms with E-state index in [1.165, 1.54) is 18.4 Å². The molecule has 0 aliphatic heterocycles. The maximum absolute atomic E-state index is 12.7. The molecule has 1 N–H and O–H groups in total. The second-order valence-corrected chi connectivity index (χ2v) is 9.32. The molecule has 9 heteroatoms. The van der Waals surface area contributed by atoms with Crippen LogP contribution < -0.4 is 5.32 Å². The lowest BCUT2D eigenvalue weighted by Gasteiger charge is -2.09. The van der Waals surface area contributed by atoms with E-state index in [1.54, 1.807) is 29.5 Å². The fourth-order valence-electron chi connectivity index (χ4n) is 4.22. The zero-order chi connectivity index (χ0) is 22.6. The lowest BCUT2D eigenvalue weighted by atomic mass is 10.00. The minimum absolute atomic E-state index is 0.205. The van der Waals surface area contributed by atoms with Gasteiger partial charge in [0.25, 0.3) is 5.91 Å². The van der Waals surface area contributed by atoms with E-state index in [4.69, 9.17) is 16.6 Å². The van der Waals surface area contributed by atoms with Crippen LogP contribution in [0.1, 0.15) is 47.1 Å². The number of hydrogen-bond acceptors (Lipinski definition) is 4. The molecule has 33 heavy (non-hydrogen) atoms. The Labute approximate surface area is 194 Å². The number of halogens is 1. The Kier molecular flexibility index (Phi) is 4.51. The first-order valence-corrected chi connectivity index (χ1v) is 11.3. The molecule has 5 heterocycles. The number of fused-ring (bicyclic) bond motifs is 2. The van der Waals surface area contributed by atoms with Crippen molar-refractivity contribution in [1.29, 1.82) is 0 Å². The monoisotopic (exact) mass is 459 g/mol. The van der Waals surface area contributed by atoms with Crippen LogP contribution in [0.3, 0.4) is 0 Å². The highest BCUT2D eigenvalue weighted by Crippen LogP contribution is 2.48. The number of hydrogen-bond donors (Lipinski definition) is 1. The topological polar surface area (TPSA) is 81.5 Å². The zero-order valence-corrected chi connectivity index (χ0v) is 18.8. The second kappa shape index (κ2) is 7.45. The number of carbonyl (C=O) groups is 1. The van der Waals surface area contributed by atoms with Crippen molar-refractivity contribution in [2.24, 2.45) is 0 Å². The van der Waals surface area contributed by atoms with Crippen LogP contribution in [-0.2, 0) is 18.5 Å². The molecule has 1 fully saturated rings. The maximum Gasteiger partial charge on any atom is 0.254 e. The Morgan fingerprint density at radius 1 is 1.21 bits per heavy atom. The highest BCUT2D eigenvalue weighted by molar-refractivity contribution is 6.30. The van der Waals surface area contributed by atoms with Crippen molar-refractivity contribution in [1.82, 2.24) is 33.9 Å². The first kappa shape index (κ1) is 20.0. The van der Waals surface area contributed by atoms with Crippen molar-refractivity contribution in [2.45, 2.75) is 38.3 Å². The van der Waals surface area contributed by atoms with Crippen LogP contribution in [0.5, 0.6) is 0 Å². The minimum atomic E-state index is -0.205. The quantitative estimate of drug-likeness (QED) is 0.418. The minimum Gasteiger partial charge on any atom is -0.346 e. The number of aromatic nitrogens is 6. The molecular formula is C24H22ClN7O. The van der Waals surface area contributed by atoms with Gasteiger partial charge in [0, 0.05) is 35.4 Å². The van der Waals surface area contributed by atoms with Crippen molar-refractivity contribution in [3.05, 3.63) is 89.1 Å². The van der Waals surface area contributed by atoms with E-state index in [2.05, 4.69) is 38.9 Å². The summed E-state index contributed by atoms with van der Waals surface area (Å²) in [5, 5.41) is 7.90. The molecule has 0 atom stereocenters. The molecule has 0 aromatic carbocycles. The molecule has 5 aromatic heterocycles. The molecular weight excluding hydrogens is 438 g/mol. The van der Waals surface area contributed by atoms with Crippen molar-refractivity contribution in [3.8, 4) is 0 Å². The van der Waals surface area contributed by atoms with Gasteiger partial charge in [0.15, 0.2) is 0 Å². The SMILES string of the molecule is CC1(c2cccn3cc(Cn4cc(C(=O)NCc5ncn6ccc(Cl)cc56)cn4)nc23)CC1. The molecule has 1 saturated carbocycles. The van der Waals surface area contributed by atoms with Gasteiger partial charge in [0.2, 0.25) is 0 Å². The van der Waals surface area contributed by atoms with Gasteiger partial charge in [-0.15, -0.1) is 0 Å². The summed E-state index contributed by atoms with van der Waals surface area (Å²) in [5.41, 5.74) is 5.56. The summed E-state index contributed by atoms with van der Waals surface area (Å²) in [7, 11) is 0. The van der Waals surface area contributed by atoms with Gasteiger partial charge in [-0.2, -0.15) is 5.10 Å². The van der Waals surface area contributed by atoms with Gasteiger partial charge >= 0.3 is 0 Å². The first-order chi connectivity index (χ1) is 16.0. The van der Waals surface area contributed by atoms with E-state index in [9.17, 15) is 4.79 Å². The average Bonchev–Trinajstić information content (AvgIpc) is 3.16. The molecule has 0 spiro atoms. The summed E-state index contributed by atoms with van der Waals surface area (Å²) in [6, 6.07) is 7.87. The summed E-state index contributed by atoms with van der Waals surface area (Å²) in [6.07, 6.45) is 13.3. The number of pyridine rings is 2. The lowest BCUT2D eigenvalue weighted by Crippen LogP contribution is -2.22. The van der Waals surface area contributed by atoms with Gasteiger partial charge in [-0.25, -0.2) is 9.97 Å². The smallest absolute Gasteiger partial charge is 0.254 e. The molecule has 1 aliphatic carbocycles. The number of nitrogens with zero attached hydrogens (tertiary/aromatic N) is 6. The molecule has 5 aromatic rings. The Balaban J connectivity index is 1.16. The maximum atomic E-state index is 12.7. The molecule has 8 nitrogen and oxygen atoms in total. The lowest BCUT2D eigenvalue weighted by molar-refractivity contribution is 0.0950. The molecule has 0 bridgehead atoms. The van der Waals surface area contributed by atoms with Gasteiger partial charge in [0.1, 0.15) is 5.65 Å². The van der Waals surface area contributed by atoms with Crippen LogP contribution in [0, 0.1) is 0 Å². The van der Waals surface area contributed by atoms with Gasteiger partial charge in [-0.3, -0.25) is 9.48 Å². The Hall–Kier alpha value is -3.65.